The van der Waals surface area contributed by atoms with Gasteiger partial charge >= 0.3 is 18.1 Å². The standard InChI is InChI=1S/C26H21ClF4N4O2.C2H2O4/c1-12-5-4-6-16(27)20(12)34-24-33-19-10-14(22-15(21(19)35-24)11-25(2,3)37-22)23(36)32-18-9-13(26(29,30)31)7-8-17(18)28;3-1(4)2(5)6/h4-10H,11H2,1-3H3,(H,32,36)(H2,33,34,35);(H,3,4)(H,5,6). The quantitative estimate of drug-likeness (QED) is 0.127. The normalized spacial score (nSPS) is 13.4. The van der Waals surface area contributed by atoms with Crippen LogP contribution in [0.4, 0.5) is 34.9 Å². The van der Waals surface area contributed by atoms with Crippen molar-refractivity contribution in [3.05, 3.63) is 75.6 Å². The van der Waals surface area contributed by atoms with Crippen LogP contribution in [-0.2, 0) is 22.2 Å². The van der Waals surface area contributed by atoms with Gasteiger partial charge in [-0.15, -0.1) is 0 Å². The molecule has 0 aliphatic carbocycles. The van der Waals surface area contributed by atoms with Crippen molar-refractivity contribution < 1.29 is 46.9 Å². The fourth-order valence-electron chi connectivity index (χ4n) is 4.34. The summed E-state index contributed by atoms with van der Waals surface area (Å²) in [7, 11) is 0. The number of benzene rings is 3. The van der Waals surface area contributed by atoms with Crippen molar-refractivity contribution in [1.29, 1.82) is 0 Å². The number of anilines is 3. The molecule has 0 unspecified atom stereocenters. The van der Waals surface area contributed by atoms with Crippen molar-refractivity contribution in [3.63, 3.8) is 0 Å². The van der Waals surface area contributed by atoms with Crippen molar-refractivity contribution in [2.24, 2.45) is 0 Å². The molecule has 5 rings (SSSR count). The molecule has 1 aliphatic heterocycles. The number of imidazole rings is 1. The van der Waals surface area contributed by atoms with Gasteiger partial charge in [-0.2, -0.15) is 13.2 Å². The van der Waals surface area contributed by atoms with Gasteiger partial charge in [-0.3, -0.25) is 4.79 Å². The first-order chi connectivity index (χ1) is 20.0. The molecule has 0 spiro atoms. The zero-order valence-corrected chi connectivity index (χ0v) is 23.4. The topological polar surface area (TPSA) is 154 Å². The molecule has 226 valence electrons. The minimum atomic E-state index is -4.69. The van der Waals surface area contributed by atoms with Crippen LogP contribution >= 0.6 is 11.6 Å². The largest absolute Gasteiger partial charge is 0.486 e. The van der Waals surface area contributed by atoms with Crippen LogP contribution in [0, 0.1) is 12.7 Å². The highest BCUT2D eigenvalue weighted by molar-refractivity contribution is 6.33. The Bertz CT molecular complexity index is 1740. The molecule has 0 atom stereocenters. The highest BCUT2D eigenvalue weighted by Crippen LogP contribution is 2.43. The molecule has 0 radical (unpaired) electrons. The van der Waals surface area contributed by atoms with E-state index in [1.807, 2.05) is 32.9 Å². The molecule has 43 heavy (non-hydrogen) atoms. The van der Waals surface area contributed by atoms with Crippen molar-refractivity contribution in [2.75, 3.05) is 10.6 Å². The maximum Gasteiger partial charge on any atom is 0.416 e. The Labute approximate surface area is 245 Å². The zero-order chi connectivity index (χ0) is 31.9. The van der Waals surface area contributed by atoms with E-state index in [9.17, 15) is 22.4 Å². The van der Waals surface area contributed by atoms with Gasteiger partial charge in [-0.1, -0.05) is 23.7 Å². The van der Waals surface area contributed by atoms with Crippen LogP contribution in [-0.4, -0.2) is 43.6 Å². The third kappa shape index (κ3) is 6.80. The number of amides is 1. The lowest BCUT2D eigenvalue weighted by molar-refractivity contribution is -0.159. The number of alkyl halides is 3. The van der Waals surface area contributed by atoms with E-state index < -0.39 is 46.7 Å². The van der Waals surface area contributed by atoms with Crippen LogP contribution in [0.5, 0.6) is 5.75 Å². The number of para-hydroxylation sites is 1. The number of halogens is 5. The van der Waals surface area contributed by atoms with E-state index in [0.29, 0.717) is 57.9 Å². The van der Waals surface area contributed by atoms with Gasteiger partial charge < -0.3 is 30.6 Å². The average molecular weight is 623 g/mol. The second-order valence-electron chi connectivity index (χ2n) is 10.1. The van der Waals surface area contributed by atoms with E-state index in [2.05, 4.69) is 20.6 Å². The minimum absolute atomic E-state index is 0.0361. The van der Waals surface area contributed by atoms with Gasteiger partial charge in [0.25, 0.3) is 5.91 Å². The lowest BCUT2D eigenvalue weighted by atomic mass is 9.98. The van der Waals surface area contributed by atoms with E-state index in [4.69, 9.17) is 36.1 Å². The summed E-state index contributed by atoms with van der Waals surface area (Å²) < 4.78 is 59.7. The summed E-state index contributed by atoms with van der Waals surface area (Å²) in [6.07, 6.45) is -4.27. The number of aromatic nitrogens is 2. The first kappa shape index (κ1) is 31.1. The van der Waals surface area contributed by atoms with Gasteiger partial charge in [0.2, 0.25) is 5.95 Å². The molecule has 0 fully saturated rings. The van der Waals surface area contributed by atoms with Crippen molar-refractivity contribution in [1.82, 2.24) is 9.97 Å². The van der Waals surface area contributed by atoms with Gasteiger partial charge in [0, 0.05) is 12.0 Å². The summed E-state index contributed by atoms with van der Waals surface area (Å²) in [4.78, 5) is 39.2. The van der Waals surface area contributed by atoms with Crippen molar-refractivity contribution >= 4 is 57.8 Å². The molecule has 15 heteroatoms. The summed E-state index contributed by atoms with van der Waals surface area (Å²) in [5.41, 5.74) is 0.954. The number of carboxylic acid groups (broad SMARTS) is 2. The summed E-state index contributed by atoms with van der Waals surface area (Å²) in [5, 5.41) is 20.7. The Balaban J connectivity index is 0.000000641. The second-order valence-corrected chi connectivity index (χ2v) is 10.5. The molecular formula is C28H23ClF4N4O6. The molecule has 10 nitrogen and oxygen atoms in total. The highest BCUT2D eigenvalue weighted by atomic mass is 35.5. The number of fused-ring (bicyclic) bond motifs is 3. The number of H-pyrrole nitrogens is 1. The Morgan fingerprint density at radius 2 is 1.77 bits per heavy atom. The van der Waals surface area contributed by atoms with E-state index in [-0.39, 0.29) is 11.3 Å². The average Bonchev–Trinajstić information content (AvgIpc) is 3.45. The number of aryl methyl sites for hydroxylation is 1. The molecular weight excluding hydrogens is 600 g/mol. The molecule has 1 aromatic heterocycles. The molecule has 3 aromatic carbocycles. The summed E-state index contributed by atoms with van der Waals surface area (Å²) >= 11 is 6.33. The number of hydrogen-bond donors (Lipinski definition) is 5. The van der Waals surface area contributed by atoms with Crippen LogP contribution in [0.3, 0.4) is 0 Å². The van der Waals surface area contributed by atoms with E-state index in [1.165, 1.54) is 6.07 Å². The Morgan fingerprint density at radius 1 is 1.09 bits per heavy atom. The Morgan fingerprint density at radius 3 is 2.37 bits per heavy atom. The Hall–Kier alpha value is -4.85. The molecule has 5 N–H and O–H groups in total. The maximum absolute atomic E-state index is 14.3. The number of ether oxygens (including phenoxy) is 1. The zero-order valence-electron chi connectivity index (χ0n) is 22.6. The SMILES string of the molecule is Cc1cccc(Cl)c1Nc1nc2c3c(c(C(=O)Nc4cc(C(F)(F)F)ccc4F)cc2[nH]1)OC(C)(C)C3.O=C(O)C(=O)O. The predicted octanol–water partition coefficient (Wildman–Crippen LogP) is 6.55. The van der Waals surface area contributed by atoms with Gasteiger partial charge in [-0.25, -0.2) is 19.0 Å². The highest BCUT2D eigenvalue weighted by Gasteiger charge is 2.37. The molecule has 0 saturated heterocycles. The van der Waals surface area contributed by atoms with Gasteiger partial charge in [0.1, 0.15) is 17.2 Å². The number of nitrogens with zero attached hydrogens (tertiary/aromatic N) is 1. The number of rotatable bonds is 4. The third-order valence-electron chi connectivity index (χ3n) is 6.24. The summed E-state index contributed by atoms with van der Waals surface area (Å²) in [5.74, 6) is -4.84. The smallest absolute Gasteiger partial charge is 0.416 e. The second kappa shape index (κ2) is 11.4. The fraction of sp³-hybridized carbons (Fsp3) is 0.214. The number of carboxylic acids is 2. The molecule has 0 bridgehead atoms. The summed E-state index contributed by atoms with van der Waals surface area (Å²) in [6, 6.07) is 8.76. The first-order valence-corrected chi connectivity index (χ1v) is 12.8. The van der Waals surface area contributed by atoms with Gasteiger partial charge in [0.15, 0.2) is 0 Å². The van der Waals surface area contributed by atoms with E-state index in [1.54, 1.807) is 6.07 Å². The maximum atomic E-state index is 14.3. The monoisotopic (exact) mass is 622 g/mol. The lowest BCUT2D eigenvalue weighted by Gasteiger charge is -2.18. The first-order valence-electron chi connectivity index (χ1n) is 12.4. The summed E-state index contributed by atoms with van der Waals surface area (Å²) in [6.45, 7) is 5.57. The van der Waals surface area contributed by atoms with Crippen LogP contribution in [0.15, 0.2) is 42.5 Å². The molecule has 1 aliphatic rings. The Kier molecular flexibility index (Phi) is 8.27. The van der Waals surface area contributed by atoms with Gasteiger partial charge in [0.05, 0.1) is 38.6 Å². The third-order valence-corrected chi connectivity index (χ3v) is 6.56. The van der Waals surface area contributed by atoms with Crippen LogP contribution < -0.4 is 15.4 Å². The number of carbonyl (C=O) groups excluding carboxylic acids is 1. The molecule has 4 aromatic rings. The molecule has 0 saturated carbocycles. The van der Waals surface area contributed by atoms with E-state index in [0.717, 1.165) is 5.56 Å². The van der Waals surface area contributed by atoms with Crippen LogP contribution in [0.25, 0.3) is 11.0 Å². The number of aliphatic carboxylic acids is 2. The predicted molar refractivity (Wildman–Crippen MR) is 149 cm³/mol. The number of aromatic amines is 1. The van der Waals surface area contributed by atoms with Crippen molar-refractivity contribution in [2.45, 2.75) is 39.0 Å². The molecule has 1 amide bonds. The lowest BCUT2D eigenvalue weighted by Crippen LogP contribution is -2.25. The van der Waals surface area contributed by atoms with Crippen molar-refractivity contribution in [3.8, 4) is 5.75 Å². The van der Waals surface area contributed by atoms with E-state index >= 15 is 0 Å². The number of hydrogen-bond acceptors (Lipinski definition) is 6. The van der Waals surface area contributed by atoms with Crippen LogP contribution in [0.2, 0.25) is 5.02 Å². The minimum Gasteiger partial charge on any atom is -0.486 e. The van der Waals surface area contributed by atoms with Crippen LogP contribution in [0.1, 0.15) is 40.9 Å². The molecule has 2 heterocycles. The van der Waals surface area contributed by atoms with Gasteiger partial charge in [-0.05, 0) is 56.7 Å². The number of carbonyl (C=O) groups is 3. The number of nitrogens with one attached hydrogen (secondary N) is 3. The fourth-order valence-corrected chi connectivity index (χ4v) is 4.61.